The van der Waals surface area contributed by atoms with E-state index in [1.807, 2.05) is 0 Å². The van der Waals surface area contributed by atoms with Gasteiger partial charge in [-0.15, -0.1) is 0 Å². The molecule has 0 spiro atoms. The van der Waals surface area contributed by atoms with Gasteiger partial charge in [0.15, 0.2) is 0 Å². The van der Waals surface area contributed by atoms with E-state index < -0.39 is 0 Å². The van der Waals surface area contributed by atoms with E-state index >= 15 is 0 Å². The molecule has 0 aliphatic carbocycles. The third kappa shape index (κ3) is 3.46. The first-order chi connectivity index (χ1) is 7.90. The Labute approximate surface area is 101 Å². The third-order valence-corrected chi connectivity index (χ3v) is 4.44. The minimum absolute atomic E-state index is 0.894. The zero-order valence-electron chi connectivity index (χ0n) is 10.9. The molecule has 2 saturated heterocycles. The maximum absolute atomic E-state index is 3.53. The molecular weight excluding hydrogens is 196 g/mol. The molecule has 2 aliphatic rings. The summed E-state index contributed by atoms with van der Waals surface area (Å²) in [6, 6.07) is 0.894. The van der Waals surface area contributed by atoms with Crippen LogP contribution in [-0.4, -0.2) is 37.1 Å². The van der Waals surface area contributed by atoms with E-state index in [4.69, 9.17) is 0 Å². The predicted octanol–water partition coefficient (Wildman–Crippen LogP) is 2.64. The van der Waals surface area contributed by atoms with Gasteiger partial charge < -0.3 is 10.2 Å². The van der Waals surface area contributed by atoms with E-state index in [0.29, 0.717) is 0 Å². The molecular formula is C14H28N2. The van der Waals surface area contributed by atoms with Crippen LogP contribution in [0.1, 0.15) is 51.9 Å². The standard InChI is InChI=1S/C14H28N2/c1-2-14-7-3-4-10-16(14)11-8-13-6-5-9-15-12-13/h13-15H,2-12H2,1H3/t13-,14-/m1/s1. The van der Waals surface area contributed by atoms with Crippen molar-refractivity contribution in [2.24, 2.45) is 5.92 Å². The number of nitrogens with one attached hydrogen (secondary N) is 1. The zero-order valence-corrected chi connectivity index (χ0v) is 10.9. The topological polar surface area (TPSA) is 15.3 Å². The Balaban J connectivity index is 1.70. The average molecular weight is 224 g/mol. The summed E-state index contributed by atoms with van der Waals surface area (Å²) in [6.45, 7) is 7.58. The number of piperidine rings is 2. The number of hydrogen-bond donors (Lipinski definition) is 1. The fourth-order valence-electron chi connectivity index (χ4n) is 3.34. The summed E-state index contributed by atoms with van der Waals surface area (Å²) in [4.78, 5) is 2.76. The highest BCUT2D eigenvalue weighted by Gasteiger charge is 2.21. The number of rotatable bonds is 4. The van der Waals surface area contributed by atoms with Crippen LogP contribution in [0.5, 0.6) is 0 Å². The molecule has 1 N–H and O–H groups in total. The molecule has 0 saturated carbocycles. The van der Waals surface area contributed by atoms with Crippen molar-refractivity contribution in [2.45, 2.75) is 57.9 Å². The van der Waals surface area contributed by atoms with Crippen molar-refractivity contribution in [3.8, 4) is 0 Å². The second kappa shape index (κ2) is 6.61. The smallest absolute Gasteiger partial charge is 0.00926 e. The van der Waals surface area contributed by atoms with Gasteiger partial charge in [-0.3, -0.25) is 0 Å². The van der Waals surface area contributed by atoms with E-state index in [0.717, 1.165) is 12.0 Å². The van der Waals surface area contributed by atoms with Crippen molar-refractivity contribution in [2.75, 3.05) is 26.2 Å². The lowest BCUT2D eigenvalue weighted by Gasteiger charge is -2.36. The molecule has 94 valence electrons. The molecule has 0 aromatic heterocycles. The summed E-state index contributed by atoms with van der Waals surface area (Å²) in [6.07, 6.45) is 9.95. The number of likely N-dealkylation sites (tertiary alicyclic amines) is 1. The highest BCUT2D eigenvalue weighted by Crippen LogP contribution is 2.22. The molecule has 0 amide bonds. The van der Waals surface area contributed by atoms with E-state index in [9.17, 15) is 0 Å². The number of nitrogens with zero attached hydrogens (tertiary/aromatic N) is 1. The molecule has 2 heterocycles. The average Bonchev–Trinajstić information content (AvgIpc) is 2.38. The van der Waals surface area contributed by atoms with Crippen molar-refractivity contribution in [3.05, 3.63) is 0 Å². The molecule has 2 fully saturated rings. The first kappa shape index (κ1) is 12.4. The second-order valence-electron chi connectivity index (χ2n) is 5.59. The molecule has 2 heteroatoms. The van der Waals surface area contributed by atoms with Gasteiger partial charge in [-0.25, -0.2) is 0 Å². The molecule has 0 aromatic rings. The molecule has 2 atom stereocenters. The molecule has 2 nitrogen and oxygen atoms in total. The van der Waals surface area contributed by atoms with Crippen molar-refractivity contribution in [1.29, 1.82) is 0 Å². The Bertz CT molecular complexity index is 187. The Morgan fingerprint density at radius 2 is 2.12 bits per heavy atom. The molecule has 0 bridgehead atoms. The summed E-state index contributed by atoms with van der Waals surface area (Å²) >= 11 is 0. The molecule has 0 radical (unpaired) electrons. The van der Waals surface area contributed by atoms with Gasteiger partial charge in [0.25, 0.3) is 0 Å². The van der Waals surface area contributed by atoms with Crippen molar-refractivity contribution < 1.29 is 0 Å². The molecule has 16 heavy (non-hydrogen) atoms. The Kier molecular flexibility index (Phi) is 5.11. The molecule has 2 rings (SSSR count). The van der Waals surface area contributed by atoms with Crippen LogP contribution in [-0.2, 0) is 0 Å². The summed E-state index contributed by atoms with van der Waals surface area (Å²) in [5.41, 5.74) is 0. The van der Waals surface area contributed by atoms with Crippen molar-refractivity contribution in [1.82, 2.24) is 10.2 Å². The first-order valence-electron chi connectivity index (χ1n) is 7.35. The molecule has 0 aromatic carbocycles. The summed E-state index contributed by atoms with van der Waals surface area (Å²) in [7, 11) is 0. The maximum Gasteiger partial charge on any atom is 0.00926 e. The van der Waals surface area contributed by atoms with E-state index in [-0.39, 0.29) is 0 Å². The Morgan fingerprint density at radius 3 is 2.88 bits per heavy atom. The Morgan fingerprint density at radius 1 is 1.19 bits per heavy atom. The van der Waals surface area contributed by atoms with Crippen LogP contribution < -0.4 is 5.32 Å². The highest BCUT2D eigenvalue weighted by atomic mass is 15.2. The van der Waals surface area contributed by atoms with Crippen LogP contribution in [0.15, 0.2) is 0 Å². The van der Waals surface area contributed by atoms with Gasteiger partial charge in [-0.2, -0.15) is 0 Å². The molecule has 2 aliphatic heterocycles. The van der Waals surface area contributed by atoms with Crippen LogP contribution in [0.4, 0.5) is 0 Å². The van der Waals surface area contributed by atoms with Crippen LogP contribution in [0, 0.1) is 5.92 Å². The lowest BCUT2D eigenvalue weighted by atomic mass is 9.94. The van der Waals surface area contributed by atoms with Crippen LogP contribution in [0.2, 0.25) is 0 Å². The van der Waals surface area contributed by atoms with Gasteiger partial charge in [0, 0.05) is 6.04 Å². The van der Waals surface area contributed by atoms with Gasteiger partial charge in [-0.1, -0.05) is 13.3 Å². The van der Waals surface area contributed by atoms with E-state index in [2.05, 4.69) is 17.1 Å². The number of hydrogen-bond acceptors (Lipinski definition) is 2. The monoisotopic (exact) mass is 224 g/mol. The predicted molar refractivity (Wildman–Crippen MR) is 69.7 cm³/mol. The third-order valence-electron chi connectivity index (χ3n) is 4.44. The largest absolute Gasteiger partial charge is 0.316 e. The summed E-state index contributed by atoms with van der Waals surface area (Å²) in [5.74, 6) is 0.952. The fourth-order valence-corrected chi connectivity index (χ4v) is 3.34. The van der Waals surface area contributed by atoms with Crippen molar-refractivity contribution in [3.63, 3.8) is 0 Å². The van der Waals surface area contributed by atoms with Gasteiger partial charge >= 0.3 is 0 Å². The quantitative estimate of drug-likeness (QED) is 0.790. The maximum atomic E-state index is 3.53. The van der Waals surface area contributed by atoms with E-state index in [1.165, 1.54) is 71.1 Å². The van der Waals surface area contributed by atoms with Gasteiger partial charge in [0.1, 0.15) is 0 Å². The summed E-state index contributed by atoms with van der Waals surface area (Å²) in [5, 5.41) is 3.53. The van der Waals surface area contributed by atoms with Crippen LogP contribution >= 0.6 is 0 Å². The van der Waals surface area contributed by atoms with Gasteiger partial charge in [0.2, 0.25) is 0 Å². The lowest BCUT2D eigenvalue weighted by molar-refractivity contribution is 0.131. The van der Waals surface area contributed by atoms with Crippen LogP contribution in [0.25, 0.3) is 0 Å². The van der Waals surface area contributed by atoms with Crippen LogP contribution in [0.3, 0.4) is 0 Å². The SMILES string of the molecule is CC[C@@H]1CCCCN1CC[C@H]1CCCNC1. The Hall–Kier alpha value is -0.0800. The summed E-state index contributed by atoms with van der Waals surface area (Å²) < 4.78 is 0. The second-order valence-corrected chi connectivity index (χ2v) is 5.59. The van der Waals surface area contributed by atoms with Gasteiger partial charge in [-0.05, 0) is 70.6 Å². The van der Waals surface area contributed by atoms with Crippen molar-refractivity contribution >= 4 is 0 Å². The fraction of sp³-hybridized carbons (Fsp3) is 1.00. The minimum atomic E-state index is 0.894. The molecule has 0 unspecified atom stereocenters. The normalized spacial score (nSPS) is 32.8. The minimum Gasteiger partial charge on any atom is -0.316 e. The van der Waals surface area contributed by atoms with E-state index in [1.54, 1.807) is 0 Å². The zero-order chi connectivity index (χ0) is 11.2. The first-order valence-corrected chi connectivity index (χ1v) is 7.35. The highest BCUT2D eigenvalue weighted by molar-refractivity contribution is 4.77. The lowest BCUT2D eigenvalue weighted by Crippen LogP contribution is -2.41. The van der Waals surface area contributed by atoms with Gasteiger partial charge in [0.05, 0.1) is 0 Å².